The van der Waals surface area contributed by atoms with Gasteiger partial charge in [0.1, 0.15) is 47.4 Å². The van der Waals surface area contributed by atoms with Crippen molar-refractivity contribution in [3.8, 4) is 23.0 Å². The van der Waals surface area contributed by atoms with Gasteiger partial charge in [-0.15, -0.1) is 0 Å². The number of aromatic hydroxyl groups is 1. The molecular weight excluding hydrogens is 488 g/mol. The number of phenolic OH excluding ortho intramolecular Hbond substituents is 1. The Morgan fingerprint density at radius 3 is 2.00 bits per heavy atom. The van der Waals surface area contributed by atoms with Crippen LogP contribution < -0.4 is 14.2 Å². The number of rotatable bonds is 7. The second-order valence-electron chi connectivity index (χ2n) is 9.48. The summed E-state index contributed by atoms with van der Waals surface area (Å²) in [6.45, 7) is 0.389. The van der Waals surface area contributed by atoms with Crippen LogP contribution in [-0.2, 0) is 14.2 Å². The van der Waals surface area contributed by atoms with Crippen LogP contribution in [0.25, 0.3) is 0 Å². The fourth-order valence-corrected chi connectivity index (χ4v) is 5.42. The van der Waals surface area contributed by atoms with Crippen molar-refractivity contribution in [2.45, 2.75) is 42.9 Å². The monoisotopic (exact) mass is 520 g/mol. The van der Waals surface area contributed by atoms with Gasteiger partial charge in [0, 0.05) is 35.1 Å². The Bertz CT molecular complexity index is 1090. The fraction of sp³-hybridized carbons (Fsp3) is 0.538. The van der Waals surface area contributed by atoms with E-state index in [1.807, 2.05) is 0 Å². The number of hydrogen-bond acceptors (Lipinski definition) is 11. The molecule has 0 saturated carbocycles. The number of aliphatic hydroxyl groups excluding tert-OH is 4. The molecule has 0 aliphatic carbocycles. The normalized spacial score (nSPS) is 35.2. The zero-order valence-electron chi connectivity index (χ0n) is 20.5. The average Bonchev–Trinajstić information content (AvgIpc) is 3.51. The molecule has 0 radical (unpaired) electrons. The molecule has 202 valence electrons. The van der Waals surface area contributed by atoms with Crippen molar-refractivity contribution in [1.82, 2.24) is 0 Å². The quantitative estimate of drug-likeness (QED) is 0.349. The molecule has 11 heteroatoms. The highest BCUT2D eigenvalue weighted by Gasteiger charge is 2.49. The topological polar surface area (TPSA) is 157 Å². The van der Waals surface area contributed by atoms with Crippen LogP contribution >= 0.6 is 0 Å². The molecule has 9 atom stereocenters. The van der Waals surface area contributed by atoms with Gasteiger partial charge in [-0.05, 0) is 24.3 Å². The van der Waals surface area contributed by atoms with Gasteiger partial charge in [0.25, 0.3) is 0 Å². The zero-order valence-corrected chi connectivity index (χ0v) is 20.5. The Morgan fingerprint density at radius 2 is 1.41 bits per heavy atom. The molecule has 3 saturated heterocycles. The number of hydrogen-bond donors (Lipinski definition) is 5. The lowest BCUT2D eigenvalue weighted by atomic mass is 9.84. The van der Waals surface area contributed by atoms with Crippen molar-refractivity contribution in [3.05, 3.63) is 47.5 Å². The van der Waals surface area contributed by atoms with Gasteiger partial charge in [-0.1, -0.05) is 0 Å². The second-order valence-corrected chi connectivity index (χ2v) is 9.48. The highest BCUT2D eigenvalue weighted by atomic mass is 16.7. The molecule has 3 aliphatic rings. The van der Waals surface area contributed by atoms with Gasteiger partial charge in [0.15, 0.2) is 0 Å². The van der Waals surface area contributed by atoms with Gasteiger partial charge < -0.3 is 54.0 Å². The maximum Gasteiger partial charge on any atom is 0.229 e. The van der Waals surface area contributed by atoms with E-state index in [0.29, 0.717) is 30.5 Å². The van der Waals surface area contributed by atoms with Crippen molar-refractivity contribution >= 4 is 0 Å². The third-order valence-electron chi connectivity index (χ3n) is 7.40. The first-order chi connectivity index (χ1) is 17.9. The molecule has 3 aliphatic heterocycles. The van der Waals surface area contributed by atoms with Crippen molar-refractivity contribution in [2.75, 3.05) is 34.0 Å². The average molecular weight is 521 g/mol. The molecule has 0 unspecified atom stereocenters. The summed E-state index contributed by atoms with van der Waals surface area (Å²) in [5.41, 5.74) is 1.66. The minimum absolute atomic E-state index is 0.0506. The van der Waals surface area contributed by atoms with E-state index in [9.17, 15) is 25.5 Å². The van der Waals surface area contributed by atoms with Crippen LogP contribution in [0.5, 0.6) is 23.0 Å². The number of aliphatic hydroxyl groups is 4. The van der Waals surface area contributed by atoms with Crippen LogP contribution in [-0.4, -0.2) is 90.3 Å². The first-order valence-corrected chi connectivity index (χ1v) is 12.1. The summed E-state index contributed by atoms with van der Waals surface area (Å²) < 4.78 is 34.6. The number of fused-ring (bicyclic) bond motifs is 1. The Hall–Kier alpha value is -2.64. The maximum absolute atomic E-state index is 10.3. The van der Waals surface area contributed by atoms with E-state index < -0.39 is 37.3 Å². The van der Waals surface area contributed by atoms with Crippen LogP contribution in [0.3, 0.4) is 0 Å². The summed E-state index contributed by atoms with van der Waals surface area (Å²) in [5, 5.41) is 49.5. The Morgan fingerprint density at radius 1 is 0.811 bits per heavy atom. The molecule has 5 rings (SSSR count). The first kappa shape index (κ1) is 26.0. The Labute approximate surface area is 213 Å². The largest absolute Gasteiger partial charge is 0.508 e. The summed E-state index contributed by atoms with van der Waals surface area (Å²) in [4.78, 5) is 0. The third-order valence-corrected chi connectivity index (χ3v) is 7.40. The lowest BCUT2D eigenvalue weighted by Gasteiger charge is -2.39. The van der Waals surface area contributed by atoms with E-state index in [0.717, 1.165) is 11.1 Å². The smallest absolute Gasteiger partial charge is 0.229 e. The Kier molecular flexibility index (Phi) is 7.46. The van der Waals surface area contributed by atoms with E-state index in [-0.39, 0.29) is 29.8 Å². The molecule has 0 aromatic heterocycles. The molecule has 11 nitrogen and oxygen atoms in total. The van der Waals surface area contributed by atoms with E-state index in [4.69, 9.17) is 28.4 Å². The lowest BCUT2D eigenvalue weighted by molar-refractivity contribution is -0.277. The van der Waals surface area contributed by atoms with Gasteiger partial charge in [-0.3, -0.25) is 0 Å². The van der Waals surface area contributed by atoms with Crippen LogP contribution in [0.15, 0.2) is 36.4 Å². The van der Waals surface area contributed by atoms with Crippen molar-refractivity contribution in [3.63, 3.8) is 0 Å². The van der Waals surface area contributed by atoms with E-state index >= 15 is 0 Å². The molecule has 0 spiro atoms. The number of benzene rings is 2. The van der Waals surface area contributed by atoms with Gasteiger partial charge in [0.05, 0.1) is 46.2 Å². The standard InChI is InChI=1S/C26H32O11/c1-32-18-7-12(28)3-5-14(18)24-16-10-35-25(17(16)11-34-24)15-6-4-13(8-19(15)33-2)36-26-23(31)22(30)21(29)20(9-27)37-26/h3-8,16-17,20-31H,9-11H2,1-2H3/t16-,17-,20+,21+,22-,23+,24+,25+,26+/m0/s1. The third kappa shape index (κ3) is 4.72. The van der Waals surface area contributed by atoms with Crippen LogP contribution in [0, 0.1) is 11.8 Å². The molecule has 0 bridgehead atoms. The molecule has 3 heterocycles. The number of phenols is 1. The lowest BCUT2D eigenvalue weighted by Crippen LogP contribution is -2.60. The van der Waals surface area contributed by atoms with Crippen molar-refractivity contribution in [2.24, 2.45) is 11.8 Å². The highest BCUT2D eigenvalue weighted by Crippen LogP contribution is 2.53. The van der Waals surface area contributed by atoms with Crippen molar-refractivity contribution < 1.29 is 54.0 Å². The predicted octanol–water partition coefficient (Wildman–Crippen LogP) is 0.663. The summed E-state index contributed by atoms with van der Waals surface area (Å²) >= 11 is 0. The number of ether oxygens (including phenoxy) is 6. The van der Waals surface area contributed by atoms with E-state index in [2.05, 4.69) is 0 Å². The van der Waals surface area contributed by atoms with Crippen LogP contribution in [0.1, 0.15) is 23.3 Å². The molecule has 0 amide bonds. The maximum atomic E-state index is 10.3. The van der Waals surface area contributed by atoms with Gasteiger partial charge in [0.2, 0.25) is 6.29 Å². The molecular formula is C26H32O11. The zero-order chi connectivity index (χ0) is 26.3. The molecule has 37 heavy (non-hydrogen) atoms. The minimum atomic E-state index is -1.54. The molecule has 3 fully saturated rings. The summed E-state index contributed by atoms with van der Waals surface area (Å²) in [7, 11) is 3.08. The van der Waals surface area contributed by atoms with Crippen LogP contribution in [0.4, 0.5) is 0 Å². The summed E-state index contributed by atoms with van der Waals surface area (Å²) in [6, 6.07) is 10.1. The van der Waals surface area contributed by atoms with E-state index in [1.165, 1.54) is 7.11 Å². The number of methoxy groups -OCH3 is 2. The first-order valence-electron chi connectivity index (χ1n) is 12.1. The van der Waals surface area contributed by atoms with Gasteiger partial charge in [-0.25, -0.2) is 0 Å². The Balaban J connectivity index is 1.33. The van der Waals surface area contributed by atoms with Crippen LogP contribution in [0.2, 0.25) is 0 Å². The van der Waals surface area contributed by atoms with E-state index in [1.54, 1.807) is 43.5 Å². The predicted molar refractivity (Wildman–Crippen MR) is 126 cm³/mol. The summed E-state index contributed by atoms with van der Waals surface area (Å²) in [6.07, 6.45) is -7.45. The molecule has 2 aromatic carbocycles. The SMILES string of the molecule is COc1cc(O)ccc1[C@H]1OC[C@H]2[C@@H]1CO[C@@H]2c1ccc(O[C@@H]2O[C@H](CO)[C@@H](O)[C@H](O)[C@H]2O)cc1OC. The highest BCUT2D eigenvalue weighted by molar-refractivity contribution is 5.44. The molecule has 5 N–H and O–H groups in total. The van der Waals surface area contributed by atoms with Crippen molar-refractivity contribution in [1.29, 1.82) is 0 Å². The summed E-state index contributed by atoms with van der Waals surface area (Å²) in [5.74, 6) is 1.59. The minimum Gasteiger partial charge on any atom is -0.508 e. The van der Waals surface area contributed by atoms with Gasteiger partial charge >= 0.3 is 0 Å². The van der Waals surface area contributed by atoms with Gasteiger partial charge in [-0.2, -0.15) is 0 Å². The second kappa shape index (κ2) is 10.6. The molecule has 2 aromatic rings. The fourth-order valence-electron chi connectivity index (χ4n) is 5.42.